The van der Waals surface area contributed by atoms with Crippen molar-refractivity contribution in [3.05, 3.63) is 35.4 Å². The lowest BCUT2D eigenvalue weighted by Gasteiger charge is -2.20. The summed E-state index contributed by atoms with van der Waals surface area (Å²) in [5, 5.41) is 1.44. The highest BCUT2D eigenvalue weighted by atomic mass is 32.2. The van der Waals surface area contributed by atoms with E-state index in [1.165, 1.54) is 10.6 Å². The molecule has 0 aromatic heterocycles. The number of hydrogen-bond donors (Lipinski definition) is 3. The number of rotatable bonds is 5. The molecule has 21 heavy (non-hydrogen) atoms. The van der Waals surface area contributed by atoms with Crippen molar-refractivity contribution in [3.8, 4) is 0 Å². The van der Waals surface area contributed by atoms with Crippen LogP contribution in [0.4, 0.5) is 4.79 Å². The molecule has 0 saturated carbocycles. The van der Waals surface area contributed by atoms with Gasteiger partial charge in [0.05, 0.1) is 6.26 Å². The predicted octanol–water partition coefficient (Wildman–Crippen LogP) is 1.29. The van der Waals surface area contributed by atoms with Gasteiger partial charge in [0.1, 0.15) is 0 Å². The number of nitrogens with zero attached hydrogens (tertiary/aromatic N) is 1. The molecule has 0 heterocycles. The number of nitrogens with one attached hydrogen (secondary N) is 1. The van der Waals surface area contributed by atoms with E-state index in [4.69, 9.17) is 10.3 Å². The molecule has 1 aromatic carbocycles. The first-order valence-corrected chi connectivity index (χ1v) is 8.26. The van der Waals surface area contributed by atoms with Crippen molar-refractivity contribution in [1.82, 2.24) is 10.4 Å². The van der Waals surface area contributed by atoms with E-state index in [0.29, 0.717) is 19.3 Å². The van der Waals surface area contributed by atoms with Crippen molar-refractivity contribution in [2.45, 2.75) is 26.8 Å². The van der Waals surface area contributed by atoms with Crippen LogP contribution in [0.25, 0.3) is 0 Å². The second kappa shape index (κ2) is 9.32. The maximum absolute atomic E-state index is 11.1. The van der Waals surface area contributed by atoms with Gasteiger partial charge in [-0.15, -0.1) is 0 Å². The zero-order chi connectivity index (χ0) is 16.5. The van der Waals surface area contributed by atoms with Gasteiger partial charge < -0.3 is 5.73 Å². The van der Waals surface area contributed by atoms with Crippen LogP contribution < -0.4 is 11.2 Å². The maximum atomic E-state index is 11.1. The van der Waals surface area contributed by atoms with Gasteiger partial charge in [-0.25, -0.2) is 10.2 Å². The van der Waals surface area contributed by atoms with Crippen molar-refractivity contribution in [2.75, 3.05) is 12.8 Å². The summed E-state index contributed by atoms with van der Waals surface area (Å²) < 4.78 is 25.9. The lowest BCUT2D eigenvalue weighted by Crippen LogP contribution is -2.45. The van der Waals surface area contributed by atoms with Crippen LogP contribution in [-0.2, 0) is 16.7 Å². The molecule has 1 aromatic rings. The molecule has 0 unspecified atom stereocenters. The van der Waals surface area contributed by atoms with Crippen LogP contribution >= 0.6 is 0 Å². The Kier molecular flexibility index (Phi) is 8.60. The molecule has 4 N–H and O–H groups in total. The summed E-state index contributed by atoms with van der Waals surface area (Å²) in [6.45, 7) is 5.29. The number of benzene rings is 1. The van der Waals surface area contributed by atoms with Gasteiger partial charge in [0.15, 0.2) is 0 Å². The number of hydrazine groups is 1. The summed E-state index contributed by atoms with van der Waals surface area (Å²) in [7, 11) is -3.67. The van der Waals surface area contributed by atoms with E-state index < -0.39 is 16.1 Å². The largest absolute Gasteiger partial charge is 0.350 e. The fourth-order valence-corrected chi connectivity index (χ4v) is 1.38. The van der Waals surface area contributed by atoms with E-state index in [9.17, 15) is 13.2 Å². The maximum Gasteiger partial charge on any atom is 0.329 e. The Morgan fingerprint density at radius 3 is 2.19 bits per heavy atom. The monoisotopic (exact) mass is 317 g/mol. The minimum absolute atomic E-state index is 0.436. The van der Waals surface area contributed by atoms with E-state index in [2.05, 4.69) is 5.43 Å². The minimum Gasteiger partial charge on any atom is -0.350 e. The molecule has 0 bridgehead atoms. The Labute approximate surface area is 125 Å². The SMILES string of the molecule is CCCN(NCc1ccc(C)cc1)C(N)=O.CS(=O)(=O)O. The minimum atomic E-state index is -3.67. The highest BCUT2D eigenvalue weighted by Crippen LogP contribution is 2.02. The first kappa shape index (κ1) is 19.4. The summed E-state index contributed by atoms with van der Waals surface area (Å²) in [5.74, 6) is 0. The third-order valence-electron chi connectivity index (χ3n) is 2.31. The van der Waals surface area contributed by atoms with Crippen molar-refractivity contribution in [2.24, 2.45) is 5.73 Å². The molecular weight excluding hydrogens is 294 g/mol. The van der Waals surface area contributed by atoms with E-state index in [1.807, 2.05) is 38.1 Å². The second-order valence-corrected chi connectivity index (χ2v) is 6.01. The molecule has 0 aliphatic rings. The molecule has 1 rings (SSSR count). The number of hydrogen-bond acceptors (Lipinski definition) is 4. The molecule has 2 amide bonds. The van der Waals surface area contributed by atoms with Gasteiger partial charge in [0.2, 0.25) is 0 Å². The number of urea groups is 1. The molecule has 0 fully saturated rings. The fourth-order valence-electron chi connectivity index (χ4n) is 1.38. The van der Waals surface area contributed by atoms with Crippen LogP contribution in [0.3, 0.4) is 0 Å². The third kappa shape index (κ3) is 11.9. The highest BCUT2D eigenvalue weighted by Gasteiger charge is 2.06. The molecule has 0 atom stereocenters. The van der Waals surface area contributed by atoms with Crippen molar-refractivity contribution < 1.29 is 17.8 Å². The Balaban J connectivity index is 0.000000690. The highest BCUT2D eigenvalue weighted by molar-refractivity contribution is 7.85. The van der Waals surface area contributed by atoms with Crippen LogP contribution in [0, 0.1) is 6.92 Å². The van der Waals surface area contributed by atoms with E-state index in [0.717, 1.165) is 12.0 Å². The normalized spacial score (nSPS) is 10.5. The molecule has 0 spiro atoms. The summed E-state index contributed by atoms with van der Waals surface area (Å²) in [6.07, 6.45) is 1.59. The number of amides is 2. The van der Waals surface area contributed by atoms with Crippen LogP contribution in [0.1, 0.15) is 24.5 Å². The number of carbonyl (C=O) groups excluding carboxylic acids is 1. The van der Waals surface area contributed by atoms with Gasteiger partial charge in [-0.05, 0) is 18.9 Å². The average Bonchev–Trinajstić information content (AvgIpc) is 2.34. The second-order valence-electron chi connectivity index (χ2n) is 4.54. The quantitative estimate of drug-likeness (QED) is 0.559. The van der Waals surface area contributed by atoms with Gasteiger partial charge in [-0.3, -0.25) is 9.56 Å². The van der Waals surface area contributed by atoms with E-state index in [1.54, 1.807) is 0 Å². The predicted molar refractivity (Wildman–Crippen MR) is 82.1 cm³/mol. The van der Waals surface area contributed by atoms with Crippen LogP contribution in [0.5, 0.6) is 0 Å². The van der Waals surface area contributed by atoms with Gasteiger partial charge >= 0.3 is 6.03 Å². The Bertz CT molecular complexity index is 521. The molecule has 120 valence electrons. The zero-order valence-corrected chi connectivity index (χ0v) is 13.4. The Morgan fingerprint density at radius 1 is 1.33 bits per heavy atom. The van der Waals surface area contributed by atoms with Gasteiger partial charge in [0, 0.05) is 13.1 Å². The van der Waals surface area contributed by atoms with Crippen LogP contribution in [0.15, 0.2) is 24.3 Å². The molecule has 0 aliphatic carbocycles. The molecule has 7 nitrogen and oxygen atoms in total. The Hall–Kier alpha value is -1.64. The van der Waals surface area contributed by atoms with Gasteiger partial charge in [-0.2, -0.15) is 8.42 Å². The molecule has 0 aliphatic heterocycles. The lowest BCUT2D eigenvalue weighted by molar-refractivity contribution is 0.178. The fraction of sp³-hybridized carbons (Fsp3) is 0.462. The standard InChI is InChI=1S/C12H19N3O.CH4O3S/c1-3-8-15(12(13)16)14-9-11-6-4-10(2)5-7-11;1-5(2,3)4/h4-7,14H,3,8-9H2,1-2H3,(H2,13,16);1H3,(H,2,3,4). The summed E-state index contributed by atoms with van der Waals surface area (Å²) in [5.41, 5.74) is 10.6. The zero-order valence-electron chi connectivity index (χ0n) is 12.5. The lowest BCUT2D eigenvalue weighted by atomic mass is 10.1. The number of nitrogens with two attached hydrogens (primary N) is 1. The number of primary amides is 1. The van der Waals surface area contributed by atoms with Crippen molar-refractivity contribution in [1.29, 1.82) is 0 Å². The van der Waals surface area contributed by atoms with Crippen molar-refractivity contribution >= 4 is 16.1 Å². The van der Waals surface area contributed by atoms with Crippen LogP contribution in [0.2, 0.25) is 0 Å². The average molecular weight is 317 g/mol. The van der Waals surface area contributed by atoms with Crippen molar-refractivity contribution in [3.63, 3.8) is 0 Å². The summed E-state index contributed by atoms with van der Waals surface area (Å²) in [6, 6.07) is 7.73. The van der Waals surface area contributed by atoms with Gasteiger partial charge in [0.25, 0.3) is 10.1 Å². The number of carbonyl (C=O) groups is 1. The van der Waals surface area contributed by atoms with E-state index >= 15 is 0 Å². The first-order valence-electron chi connectivity index (χ1n) is 6.42. The smallest absolute Gasteiger partial charge is 0.329 e. The summed E-state index contributed by atoms with van der Waals surface area (Å²) >= 11 is 0. The molecule has 0 radical (unpaired) electrons. The molecule has 0 saturated heterocycles. The molecular formula is C13H23N3O4S. The number of aryl methyl sites for hydroxylation is 1. The summed E-state index contributed by atoms with van der Waals surface area (Å²) in [4.78, 5) is 11.1. The van der Waals surface area contributed by atoms with Crippen LogP contribution in [-0.4, -0.2) is 36.8 Å². The van der Waals surface area contributed by atoms with Gasteiger partial charge in [-0.1, -0.05) is 36.8 Å². The third-order valence-corrected chi connectivity index (χ3v) is 2.31. The topological polar surface area (TPSA) is 113 Å². The molecule has 8 heteroatoms. The van der Waals surface area contributed by atoms with E-state index in [-0.39, 0.29) is 0 Å². The Morgan fingerprint density at radius 2 is 1.81 bits per heavy atom. The first-order chi connectivity index (χ1) is 9.63.